The largest absolute Gasteiger partial charge is 0.311 e. The summed E-state index contributed by atoms with van der Waals surface area (Å²) in [5, 5.41) is 3.58. The van der Waals surface area contributed by atoms with Gasteiger partial charge in [0.25, 0.3) is 0 Å². The highest BCUT2D eigenvalue weighted by Gasteiger charge is 2.23. The maximum atomic E-state index is 3.74. The fourth-order valence-electron chi connectivity index (χ4n) is 1.73. The van der Waals surface area contributed by atoms with Gasteiger partial charge >= 0.3 is 0 Å². The average molecular weight is 167 g/mol. The molecule has 0 aromatic rings. The van der Waals surface area contributed by atoms with E-state index in [4.69, 9.17) is 0 Å². The first-order chi connectivity index (χ1) is 5.72. The Hall–Kier alpha value is -0.300. The molecule has 1 nitrogen and oxygen atoms in total. The zero-order valence-corrected chi connectivity index (χ0v) is 8.34. The molecule has 1 aliphatic rings. The molecule has 1 saturated carbocycles. The SMILES string of the molecule is C=CCC(C)NC(C)CC1CC1. The van der Waals surface area contributed by atoms with E-state index < -0.39 is 0 Å². The smallest absolute Gasteiger partial charge is 0.00756 e. The van der Waals surface area contributed by atoms with Gasteiger partial charge in [0.15, 0.2) is 0 Å². The molecule has 1 fully saturated rings. The van der Waals surface area contributed by atoms with Crippen LogP contribution in [0.4, 0.5) is 0 Å². The van der Waals surface area contributed by atoms with E-state index in [0.29, 0.717) is 12.1 Å². The van der Waals surface area contributed by atoms with Crippen LogP contribution in [0.1, 0.15) is 39.5 Å². The van der Waals surface area contributed by atoms with Crippen molar-refractivity contribution in [3.63, 3.8) is 0 Å². The first-order valence-electron chi connectivity index (χ1n) is 5.09. The van der Waals surface area contributed by atoms with Crippen molar-refractivity contribution in [2.45, 2.75) is 51.6 Å². The maximum absolute atomic E-state index is 3.74. The van der Waals surface area contributed by atoms with E-state index in [2.05, 4.69) is 25.7 Å². The van der Waals surface area contributed by atoms with Crippen LogP contribution >= 0.6 is 0 Å². The van der Waals surface area contributed by atoms with Gasteiger partial charge in [0.2, 0.25) is 0 Å². The second-order valence-electron chi connectivity index (χ2n) is 4.17. The van der Waals surface area contributed by atoms with Gasteiger partial charge < -0.3 is 5.32 Å². The number of nitrogens with one attached hydrogen (secondary N) is 1. The van der Waals surface area contributed by atoms with Gasteiger partial charge in [0, 0.05) is 12.1 Å². The van der Waals surface area contributed by atoms with Crippen molar-refractivity contribution in [2.24, 2.45) is 5.92 Å². The Kier molecular flexibility index (Phi) is 3.80. The first-order valence-corrected chi connectivity index (χ1v) is 5.09. The first kappa shape index (κ1) is 9.79. The molecular formula is C11H21N. The van der Waals surface area contributed by atoms with E-state index in [9.17, 15) is 0 Å². The third-order valence-corrected chi connectivity index (χ3v) is 2.47. The number of hydrogen-bond acceptors (Lipinski definition) is 1. The Morgan fingerprint density at radius 1 is 1.42 bits per heavy atom. The Balaban J connectivity index is 2.05. The molecule has 0 radical (unpaired) electrons. The Bertz CT molecular complexity index is 138. The molecule has 2 atom stereocenters. The van der Waals surface area contributed by atoms with Gasteiger partial charge in [-0.05, 0) is 32.6 Å². The lowest BCUT2D eigenvalue weighted by atomic mass is 10.1. The highest BCUT2D eigenvalue weighted by Crippen LogP contribution is 2.33. The molecule has 2 unspecified atom stereocenters. The van der Waals surface area contributed by atoms with Gasteiger partial charge in [-0.15, -0.1) is 6.58 Å². The summed E-state index contributed by atoms with van der Waals surface area (Å²) in [5.74, 6) is 1.03. The Labute approximate surface area is 76.2 Å². The zero-order chi connectivity index (χ0) is 8.97. The minimum Gasteiger partial charge on any atom is -0.311 e. The van der Waals surface area contributed by atoms with Crippen LogP contribution in [0.15, 0.2) is 12.7 Å². The maximum Gasteiger partial charge on any atom is 0.00756 e. The van der Waals surface area contributed by atoms with Crippen LogP contribution in [0.2, 0.25) is 0 Å². The summed E-state index contributed by atoms with van der Waals surface area (Å²) in [5.41, 5.74) is 0. The van der Waals surface area contributed by atoms with Crippen molar-refractivity contribution in [3.8, 4) is 0 Å². The number of hydrogen-bond donors (Lipinski definition) is 1. The summed E-state index contributed by atoms with van der Waals surface area (Å²) in [7, 11) is 0. The summed E-state index contributed by atoms with van der Waals surface area (Å²) in [4.78, 5) is 0. The number of rotatable bonds is 6. The topological polar surface area (TPSA) is 12.0 Å². The third kappa shape index (κ3) is 3.91. The zero-order valence-electron chi connectivity index (χ0n) is 8.34. The van der Waals surface area contributed by atoms with E-state index in [-0.39, 0.29) is 0 Å². The lowest BCUT2D eigenvalue weighted by molar-refractivity contribution is 0.432. The molecule has 1 aliphatic carbocycles. The molecule has 0 saturated heterocycles. The van der Waals surface area contributed by atoms with Gasteiger partial charge in [-0.25, -0.2) is 0 Å². The van der Waals surface area contributed by atoms with E-state index >= 15 is 0 Å². The van der Waals surface area contributed by atoms with Crippen molar-refractivity contribution in [2.75, 3.05) is 0 Å². The molecule has 70 valence electrons. The molecule has 1 heteroatoms. The quantitative estimate of drug-likeness (QED) is 0.600. The fraction of sp³-hybridized carbons (Fsp3) is 0.818. The van der Waals surface area contributed by atoms with Crippen LogP contribution in [-0.4, -0.2) is 12.1 Å². The molecule has 0 aromatic carbocycles. The molecule has 1 rings (SSSR count). The van der Waals surface area contributed by atoms with Crippen LogP contribution in [0.3, 0.4) is 0 Å². The van der Waals surface area contributed by atoms with E-state index in [1.807, 2.05) is 6.08 Å². The van der Waals surface area contributed by atoms with E-state index in [1.165, 1.54) is 19.3 Å². The second-order valence-corrected chi connectivity index (χ2v) is 4.17. The van der Waals surface area contributed by atoms with Crippen molar-refractivity contribution in [1.82, 2.24) is 5.32 Å². The van der Waals surface area contributed by atoms with Crippen LogP contribution in [0.25, 0.3) is 0 Å². The van der Waals surface area contributed by atoms with E-state index in [0.717, 1.165) is 12.3 Å². The molecular weight excluding hydrogens is 146 g/mol. The molecule has 1 N–H and O–H groups in total. The monoisotopic (exact) mass is 167 g/mol. The van der Waals surface area contributed by atoms with Gasteiger partial charge in [0.05, 0.1) is 0 Å². The predicted molar refractivity (Wildman–Crippen MR) is 54.2 cm³/mol. The Morgan fingerprint density at radius 2 is 2.08 bits per heavy atom. The molecule has 0 spiro atoms. The Morgan fingerprint density at radius 3 is 2.58 bits per heavy atom. The summed E-state index contributed by atoms with van der Waals surface area (Å²) < 4.78 is 0. The highest BCUT2D eigenvalue weighted by atomic mass is 14.9. The van der Waals surface area contributed by atoms with Crippen molar-refractivity contribution < 1.29 is 0 Å². The van der Waals surface area contributed by atoms with Crippen LogP contribution in [0.5, 0.6) is 0 Å². The third-order valence-electron chi connectivity index (χ3n) is 2.47. The predicted octanol–water partition coefficient (Wildman–Crippen LogP) is 2.73. The van der Waals surface area contributed by atoms with Crippen LogP contribution in [-0.2, 0) is 0 Å². The molecule has 0 amide bonds. The summed E-state index contributed by atoms with van der Waals surface area (Å²) >= 11 is 0. The van der Waals surface area contributed by atoms with Crippen molar-refractivity contribution >= 4 is 0 Å². The standard InChI is InChI=1S/C11H21N/c1-4-5-9(2)12-10(3)8-11-6-7-11/h4,9-12H,1,5-8H2,2-3H3. The average Bonchev–Trinajstić information content (AvgIpc) is 2.71. The van der Waals surface area contributed by atoms with Crippen LogP contribution < -0.4 is 5.32 Å². The summed E-state index contributed by atoms with van der Waals surface area (Å²) in [6.45, 7) is 8.26. The normalized spacial score (nSPS) is 21.8. The lowest BCUT2D eigenvalue weighted by Crippen LogP contribution is -2.34. The molecule has 0 bridgehead atoms. The fourth-order valence-corrected chi connectivity index (χ4v) is 1.73. The molecule has 12 heavy (non-hydrogen) atoms. The minimum atomic E-state index is 0.594. The van der Waals surface area contributed by atoms with Crippen molar-refractivity contribution in [1.29, 1.82) is 0 Å². The summed E-state index contributed by atoms with van der Waals surface area (Å²) in [6, 6.07) is 1.28. The van der Waals surface area contributed by atoms with Crippen LogP contribution in [0, 0.1) is 5.92 Å². The van der Waals surface area contributed by atoms with Crippen molar-refractivity contribution in [3.05, 3.63) is 12.7 Å². The highest BCUT2D eigenvalue weighted by molar-refractivity contribution is 4.81. The van der Waals surface area contributed by atoms with Gasteiger partial charge in [-0.2, -0.15) is 0 Å². The molecule has 0 aliphatic heterocycles. The lowest BCUT2D eigenvalue weighted by Gasteiger charge is -2.18. The van der Waals surface area contributed by atoms with Gasteiger partial charge in [-0.1, -0.05) is 18.9 Å². The molecule has 0 aromatic heterocycles. The van der Waals surface area contributed by atoms with E-state index in [1.54, 1.807) is 0 Å². The molecule has 0 heterocycles. The summed E-state index contributed by atoms with van der Waals surface area (Å²) in [6.07, 6.45) is 7.35. The van der Waals surface area contributed by atoms with Gasteiger partial charge in [0.1, 0.15) is 0 Å². The van der Waals surface area contributed by atoms with Gasteiger partial charge in [-0.3, -0.25) is 0 Å². The second kappa shape index (κ2) is 4.66. The minimum absolute atomic E-state index is 0.594.